The fourth-order valence-electron chi connectivity index (χ4n) is 2.10. The van der Waals surface area contributed by atoms with Gasteiger partial charge < -0.3 is 5.32 Å². The van der Waals surface area contributed by atoms with Crippen LogP contribution in [-0.4, -0.2) is 31.1 Å². The maximum absolute atomic E-state index is 12.0. The van der Waals surface area contributed by atoms with E-state index in [2.05, 4.69) is 22.4 Å². The SMILES string of the molecule is CCC1(CNC(=O)c2n[nH]c(C)c2S(N)(=O)=O)CC1. The molecule has 0 atom stereocenters. The molecule has 1 aliphatic rings. The van der Waals surface area contributed by atoms with E-state index in [1.54, 1.807) is 0 Å². The maximum atomic E-state index is 12.0. The summed E-state index contributed by atoms with van der Waals surface area (Å²) in [6, 6.07) is 0. The molecule has 106 valence electrons. The molecule has 0 radical (unpaired) electrons. The molecule has 0 spiro atoms. The third-order valence-corrected chi connectivity index (χ3v) is 4.79. The highest BCUT2D eigenvalue weighted by Gasteiger charge is 2.41. The van der Waals surface area contributed by atoms with Crippen molar-refractivity contribution in [2.75, 3.05) is 6.54 Å². The molecule has 0 aliphatic heterocycles. The summed E-state index contributed by atoms with van der Waals surface area (Å²) in [5.41, 5.74) is 0.291. The standard InChI is InChI=1S/C11H18N4O3S/c1-3-11(4-5-11)6-13-10(16)8-9(19(12,17)18)7(2)14-15-8/h3-6H2,1-2H3,(H,13,16)(H,14,15)(H2,12,17,18). The van der Waals surface area contributed by atoms with Crippen molar-refractivity contribution in [1.29, 1.82) is 0 Å². The maximum Gasteiger partial charge on any atom is 0.273 e. The van der Waals surface area contributed by atoms with Gasteiger partial charge in [0.15, 0.2) is 5.69 Å². The van der Waals surface area contributed by atoms with Crippen LogP contribution in [-0.2, 0) is 10.0 Å². The van der Waals surface area contributed by atoms with Crippen LogP contribution in [0.15, 0.2) is 4.90 Å². The number of hydrogen-bond donors (Lipinski definition) is 3. The predicted octanol–water partition coefficient (Wildman–Crippen LogP) is 0.286. The first-order valence-corrected chi connectivity index (χ1v) is 7.70. The molecule has 8 heteroatoms. The Morgan fingerprint density at radius 2 is 2.16 bits per heavy atom. The number of aryl methyl sites for hydroxylation is 1. The lowest BCUT2D eigenvalue weighted by Gasteiger charge is -2.12. The molecule has 1 heterocycles. The van der Waals surface area contributed by atoms with E-state index >= 15 is 0 Å². The number of carbonyl (C=O) groups is 1. The van der Waals surface area contributed by atoms with Crippen LogP contribution in [0.3, 0.4) is 0 Å². The average molecular weight is 286 g/mol. The Balaban J connectivity index is 2.16. The van der Waals surface area contributed by atoms with Gasteiger partial charge in [-0.05, 0) is 31.6 Å². The fraction of sp³-hybridized carbons (Fsp3) is 0.636. The van der Waals surface area contributed by atoms with Gasteiger partial charge in [0, 0.05) is 6.54 Å². The summed E-state index contributed by atoms with van der Waals surface area (Å²) in [5, 5.41) is 14.0. The van der Waals surface area contributed by atoms with E-state index in [-0.39, 0.29) is 21.7 Å². The highest BCUT2D eigenvalue weighted by Crippen LogP contribution is 2.47. The second-order valence-corrected chi connectivity index (χ2v) is 6.61. The van der Waals surface area contributed by atoms with Crippen LogP contribution < -0.4 is 10.5 Å². The molecule has 1 fully saturated rings. The summed E-state index contributed by atoms with van der Waals surface area (Å²) in [4.78, 5) is 11.8. The number of amides is 1. The number of carbonyl (C=O) groups excluding carboxylic acids is 1. The molecule has 1 aromatic heterocycles. The second kappa shape index (κ2) is 4.61. The highest BCUT2D eigenvalue weighted by atomic mass is 32.2. The number of aromatic nitrogens is 2. The first kappa shape index (κ1) is 14.0. The number of H-pyrrole nitrogens is 1. The summed E-state index contributed by atoms with van der Waals surface area (Å²) in [7, 11) is -3.96. The monoisotopic (exact) mass is 286 g/mol. The van der Waals surface area contributed by atoms with E-state index < -0.39 is 15.9 Å². The van der Waals surface area contributed by atoms with Crippen molar-refractivity contribution in [2.24, 2.45) is 10.6 Å². The van der Waals surface area contributed by atoms with Gasteiger partial charge in [-0.3, -0.25) is 9.89 Å². The van der Waals surface area contributed by atoms with Gasteiger partial charge >= 0.3 is 0 Å². The number of sulfonamides is 1. The number of nitrogens with two attached hydrogens (primary N) is 1. The Labute approximate surface area is 112 Å². The van der Waals surface area contributed by atoms with Crippen LogP contribution in [0, 0.1) is 12.3 Å². The Hall–Kier alpha value is -1.41. The predicted molar refractivity (Wildman–Crippen MR) is 69.0 cm³/mol. The topological polar surface area (TPSA) is 118 Å². The summed E-state index contributed by atoms with van der Waals surface area (Å²) in [6.07, 6.45) is 3.17. The minimum Gasteiger partial charge on any atom is -0.350 e. The van der Waals surface area contributed by atoms with Crippen LogP contribution in [0.2, 0.25) is 0 Å². The third kappa shape index (κ3) is 2.79. The Morgan fingerprint density at radius 3 is 2.63 bits per heavy atom. The zero-order valence-corrected chi connectivity index (χ0v) is 11.8. The summed E-state index contributed by atoms with van der Waals surface area (Å²) in [5.74, 6) is -0.506. The Morgan fingerprint density at radius 1 is 1.53 bits per heavy atom. The highest BCUT2D eigenvalue weighted by molar-refractivity contribution is 7.89. The van der Waals surface area contributed by atoms with Gasteiger partial charge in [0.2, 0.25) is 10.0 Å². The molecule has 1 saturated carbocycles. The zero-order valence-electron chi connectivity index (χ0n) is 11.0. The van der Waals surface area contributed by atoms with Crippen molar-refractivity contribution in [2.45, 2.75) is 38.0 Å². The quantitative estimate of drug-likeness (QED) is 0.720. The summed E-state index contributed by atoms with van der Waals surface area (Å²) in [6.45, 7) is 4.13. The van der Waals surface area contributed by atoms with Crippen LogP contribution in [0.25, 0.3) is 0 Å². The summed E-state index contributed by atoms with van der Waals surface area (Å²) >= 11 is 0. The molecule has 1 aromatic rings. The normalized spacial score (nSPS) is 17.2. The van der Waals surface area contributed by atoms with E-state index in [9.17, 15) is 13.2 Å². The van der Waals surface area contributed by atoms with Gasteiger partial charge in [0.1, 0.15) is 4.90 Å². The fourth-order valence-corrected chi connectivity index (χ4v) is 2.98. The van der Waals surface area contributed by atoms with Gasteiger partial charge in [-0.15, -0.1) is 0 Å². The smallest absolute Gasteiger partial charge is 0.273 e. The van der Waals surface area contributed by atoms with Crippen LogP contribution in [0.1, 0.15) is 42.4 Å². The molecule has 2 rings (SSSR count). The number of aromatic amines is 1. The molecule has 1 amide bonds. The molecule has 1 aliphatic carbocycles. The van der Waals surface area contributed by atoms with Gasteiger partial charge in [0.05, 0.1) is 5.69 Å². The average Bonchev–Trinajstić information content (AvgIpc) is 3.00. The van der Waals surface area contributed by atoms with E-state index in [1.807, 2.05) is 0 Å². The third-order valence-electron chi connectivity index (χ3n) is 3.72. The number of primary sulfonamides is 1. The second-order valence-electron chi connectivity index (χ2n) is 5.11. The summed E-state index contributed by atoms with van der Waals surface area (Å²) < 4.78 is 22.9. The number of nitrogens with zero attached hydrogens (tertiary/aromatic N) is 1. The Kier molecular flexibility index (Phi) is 3.40. The molecule has 0 bridgehead atoms. The lowest BCUT2D eigenvalue weighted by molar-refractivity contribution is 0.0936. The van der Waals surface area contributed by atoms with E-state index in [0.717, 1.165) is 19.3 Å². The van der Waals surface area contributed by atoms with Gasteiger partial charge in [-0.25, -0.2) is 13.6 Å². The van der Waals surface area contributed by atoms with Gasteiger partial charge in [-0.2, -0.15) is 5.10 Å². The van der Waals surface area contributed by atoms with Crippen molar-refractivity contribution in [3.8, 4) is 0 Å². The van der Waals surface area contributed by atoms with Crippen LogP contribution in [0.4, 0.5) is 0 Å². The zero-order chi connectivity index (χ0) is 14.3. The number of nitrogens with one attached hydrogen (secondary N) is 2. The van der Waals surface area contributed by atoms with E-state index in [4.69, 9.17) is 5.14 Å². The minimum absolute atomic E-state index is 0.160. The van der Waals surface area contributed by atoms with Gasteiger partial charge in [-0.1, -0.05) is 6.92 Å². The minimum atomic E-state index is -3.96. The number of hydrogen-bond acceptors (Lipinski definition) is 4. The molecule has 19 heavy (non-hydrogen) atoms. The van der Waals surface area contributed by atoms with Crippen LogP contribution >= 0.6 is 0 Å². The van der Waals surface area contributed by atoms with E-state index in [1.165, 1.54) is 6.92 Å². The van der Waals surface area contributed by atoms with Crippen molar-refractivity contribution >= 4 is 15.9 Å². The Bertz CT molecular complexity index is 601. The van der Waals surface area contributed by atoms with Crippen molar-refractivity contribution in [3.63, 3.8) is 0 Å². The molecule has 7 nitrogen and oxygen atoms in total. The van der Waals surface area contributed by atoms with Crippen LogP contribution in [0.5, 0.6) is 0 Å². The molecular weight excluding hydrogens is 268 g/mol. The molecule has 0 unspecified atom stereocenters. The van der Waals surface area contributed by atoms with Crippen molar-refractivity contribution in [1.82, 2.24) is 15.5 Å². The van der Waals surface area contributed by atoms with Crippen molar-refractivity contribution in [3.05, 3.63) is 11.4 Å². The first-order chi connectivity index (χ1) is 8.79. The molecule has 0 aromatic carbocycles. The van der Waals surface area contributed by atoms with Crippen molar-refractivity contribution < 1.29 is 13.2 Å². The molecular formula is C11H18N4O3S. The lowest BCUT2D eigenvalue weighted by atomic mass is 10.0. The molecule has 4 N–H and O–H groups in total. The lowest BCUT2D eigenvalue weighted by Crippen LogP contribution is -2.31. The largest absolute Gasteiger partial charge is 0.350 e. The van der Waals surface area contributed by atoms with Gasteiger partial charge in [0.25, 0.3) is 5.91 Å². The molecule has 0 saturated heterocycles. The van der Waals surface area contributed by atoms with E-state index in [0.29, 0.717) is 6.54 Å². The number of rotatable bonds is 5. The first-order valence-electron chi connectivity index (χ1n) is 6.15.